The zero-order valence-electron chi connectivity index (χ0n) is 8.98. The lowest BCUT2D eigenvalue weighted by Gasteiger charge is -2.19. The van der Waals surface area contributed by atoms with E-state index >= 15 is 0 Å². The maximum atomic E-state index is 12.3. The van der Waals surface area contributed by atoms with Crippen LogP contribution in [0.15, 0.2) is 11.2 Å². The number of nitrogens with one attached hydrogen (secondary N) is 1. The van der Waals surface area contributed by atoms with Gasteiger partial charge in [0.05, 0.1) is 12.1 Å². The molecule has 16 heavy (non-hydrogen) atoms. The van der Waals surface area contributed by atoms with E-state index < -0.39 is 10.0 Å². The maximum absolute atomic E-state index is 12.3. The minimum Gasteiger partial charge on any atom is -0.266 e. The molecular formula is C9H14ClN3O2S. The van der Waals surface area contributed by atoms with Crippen LogP contribution in [-0.4, -0.2) is 35.5 Å². The number of sulfonamides is 1. The Hall–Kier alpha value is -0.590. The van der Waals surface area contributed by atoms with Crippen molar-refractivity contribution in [1.82, 2.24) is 14.5 Å². The SMILES string of the molecule is CCN(C1CC1)S(=O)(=O)c1[nH]ncc1CCl. The number of halogens is 1. The first-order valence-electron chi connectivity index (χ1n) is 5.21. The molecule has 1 N–H and O–H groups in total. The summed E-state index contributed by atoms with van der Waals surface area (Å²) in [7, 11) is -3.46. The lowest BCUT2D eigenvalue weighted by atomic mass is 10.4. The Labute approximate surface area is 99.8 Å². The number of rotatable bonds is 5. The van der Waals surface area contributed by atoms with Crippen molar-refractivity contribution in [3.05, 3.63) is 11.8 Å². The second kappa shape index (κ2) is 4.35. The van der Waals surface area contributed by atoms with E-state index in [9.17, 15) is 8.42 Å². The molecule has 1 aliphatic carbocycles. The van der Waals surface area contributed by atoms with E-state index in [1.165, 1.54) is 10.5 Å². The van der Waals surface area contributed by atoms with Crippen LogP contribution in [0.2, 0.25) is 0 Å². The van der Waals surface area contributed by atoms with Gasteiger partial charge in [-0.1, -0.05) is 6.92 Å². The van der Waals surface area contributed by atoms with Crippen molar-refractivity contribution in [3.63, 3.8) is 0 Å². The van der Waals surface area contributed by atoms with Gasteiger partial charge in [0, 0.05) is 18.2 Å². The number of hydrogen-bond donors (Lipinski definition) is 1. The highest BCUT2D eigenvalue weighted by Gasteiger charge is 2.38. The van der Waals surface area contributed by atoms with Gasteiger partial charge in [0.1, 0.15) is 0 Å². The molecule has 0 aromatic carbocycles. The molecular weight excluding hydrogens is 250 g/mol. The number of hydrogen-bond acceptors (Lipinski definition) is 3. The van der Waals surface area contributed by atoms with Crippen LogP contribution >= 0.6 is 11.6 Å². The molecule has 1 aromatic heterocycles. The van der Waals surface area contributed by atoms with Crippen molar-refractivity contribution in [2.75, 3.05) is 6.54 Å². The summed E-state index contributed by atoms with van der Waals surface area (Å²) in [5.74, 6) is 0.146. The third kappa shape index (κ3) is 1.97. The summed E-state index contributed by atoms with van der Waals surface area (Å²) in [5.41, 5.74) is 0.528. The summed E-state index contributed by atoms with van der Waals surface area (Å²) in [5, 5.41) is 6.41. The van der Waals surface area contributed by atoms with Crippen LogP contribution < -0.4 is 0 Å². The third-order valence-corrected chi connectivity index (χ3v) is 4.99. The van der Waals surface area contributed by atoms with Gasteiger partial charge in [-0.15, -0.1) is 11.6 Å². The predicted octanol–water partition coefficient (Wildman–Crippen LogP) is 1.32. The first kappa shape index (κ1) is 11.9. The molecule has 5 nitrogen and oxygen atoms in total. The van der Waals surface area contributed by atoms with E-state index in [0.717, 1.165) is 12.8 Å². The smallest absolute Gasteiger partial charge is 0.260 e. The molecule has 0 atom stereocenters. The summed E-state index contributed by atoms with van der Waals surface area (Å²) in [6.45, 7) is 2.32. The molecule has 0 unspecified atom stereocenters. The Morgan fingerprint density at radius 2 is 2.31 bits per heavy atom. The number of aromatic amines is 1. The highest BCUT2D eigenvalue weighted by molar-refractivity contribution is 7.89. The fourth-order valence-electron chi connectivity index (χ4n) is 1.72. The topological polar surface area (TPSA) is 66.1 Å². The van der Waals surface area contributed by atoms with Gasteiger partial charge in [-0.2, -0.15) is 9.40 Å². The van der Waals surface area contributed by atoms with Crippen molar-refractivity contribution in [2.45, 2.75) is 36.7 Å². The van der Waals surface area contributed by atoms with Gasteiger partial charge < -0.3 is 0 Å². The maximum Gasteiger partial charge on any atom is 0.260 e. The first-order chi connectivity index (χ1) is 7.61. The van der Waals surface area contributed by atoms with Crippen LogP contribution in [0, 0.1) is 0 Å². The van der Waals surface area contributed by atoms with E-state index in [2.05, 4.69) is 10.2 Å². The largest absolute Gasteiger partial charge is 0.266 e. The van der Waals surface area contributed by atoms with Gasteiger partial charge in [-0.3, -0.25) is 5.10 Å². The van der Waals surface area contributed by atoms with Crippen LogP contribution in [0.25, 0.3) is 0 Å². The molecule has 1 heterocycles. The van der Waals surface area contributed by atoms with Crippen LogP contribution in [0.4, 0.5) is 0 Å². The second-order valence-corrected chi connectivity index (χ2v) is 5.89. The second-order valence-electron chi connectivity index (χ2n) is 3.80. The monoisotopic (exact) mass is 263 g/mol. The van der Waals surface area contributed by atoms with Gasteiger partial charge in [0.25, 0.3) is 10.0 Å². The van der Waals surface area contributed by atoms with Gasteiger partial charge in [-0.05, 0) is 12.8 Å². The minimum atomic E-state index is -3.46. The first-order valence-corrected chi connectivity index (χ1v) is 7.18. The quantitative estimate of drug-likeness (QED) is 0.815. The summed E-state index contributed by atoms with van der Waals surface area (Å²) in [6.07, 6.45) is 3.34. The fraction of sp³-hybridized carbons (Fsp3) is 0.667. The molecule has 1 fully saturated rings. The molecule has 7 heteroatoms. The lowest BCUT2D eigenvalue weighted by Crippen LogP contribution is -2.33. The molecule has 0 spiro atoms. The zero-order chi connectivity index (χ0) is 11.8. The average Bonchev–Trinajstić information content (AvgIpc) is 2.95. The molecule has 0 saturated heterocycles. The molecule has 1 aromatic rings. The van der Waals surface area contributed by atoms with Crippen molar-refractivity contribution >= 4 is 21.6 Å². The molecule has 0 radical (unpaired) electrons. The highest BCUT2D eigenvalue weighted by Crippen LogP contribution is 2.32. The van der Waals surface area contributed by atoms with E-state index in [1.54, 1.807) is 0 Å². The summed E-state index contributed by atoms with van der Waals surface area (Å²) < 4.78 is 26.1. The summed E-state index contributed by atoms with van der Waals surface area (Å²) in [4.78, 5) is 0. The molecule has 90 valence electrons. The van der Waals surface area contributed by atoms with Crippen molar-refractivity contribution < 1.29 is 8.42 Å². The number of alkyl halides is 1. The van der Waals surface area contributed by atoms with Crippen molar-refractivity contribution in [1.29, 1.82) is 0 Å². The Morgan fingerprint density at radius 1 is 1.62 bits per heavy atom. The lowest BCUT2D eigenvalue weighted by molar-refractivity contribution is 0.418. The molecule has 0 bridgehead atoms. The van der Waals surface area contributed by atoms with Gasteiger partial charge in [0.15, 0.2) is 5.03 Å². The Morgan fingerprint density at radius 3 is 2.81 bits per heavy atom. The van der Waals surface area contributed by atoms with Crippen molar-refractivity contribution in [3.8, 4) is 0 Å². The van der Waals surface area contributed by atoms with Crippen molar-refractivity contribution in [2.24, 2.45) is 0 Å². The van der Waals surface area contributed by atoms with Crippen LogP contribution in [0.3, 0.4) is 0 Å². The standard InChI is InChI=1S/C9H14ClN3O2S/c1-2-13(8-3-4-8)16(14,15)9-7(5-10)6-11-12-9/h6,8H,2-5H2,1H3,(H,11,12). The number of nitrogens with zero attached hydrogens (tertiary/aromatic N) is 2. The fourth-order valence-corrected chi connectivity index (χ4v) is 3.81. The molecule has 1 saturated carbocycles. The van der Waals surface area contributed by atoms with E-state index in [0.29, 0.717) is 12.1 Å². The Kier molecular flexibility index (Phi) is 3.23. The number of aromatic nitrogens is 2. The normalized spacial score (nSPS) is 16.9. The molecule has 1 aliphatic rings. The summed E-state index contributed by atoms with van der Waals surface area (Å²) in [6, 6.07) is 0.154. The Bertz CT molecular complexity index is 467. The van der Waals surface area contributed by atoms with Crippen LogP contribution in [-0.2, 0) is 15.9 Å². The predicted molar refractivity (Wildman–Crippen MR) is 60.7 cm³/mol. The van der Waals surface area contributed by atoms with E-state index in [1.807, 2.05) is 6.92 Å². The minimum absolute atomic E-state index is 0.135. The van der Waals surface area contributed by atoms with Gasteiger partial charge in [0.2, 0.25) is 0 Å². The number of H-pyrrole nitrogens is 1. The third-order valence-electron chi connectivity index (χ3n) is 2.65. The molecule has 0 amide bonds. The summed E-state index contributed by atoms with van der Waals surface area (Å²) >= 11 is 5.68. The highest BCUT2D eigenvalue weighted by atomic mass is 35.5. The van der Waals surface area contributed by atoms with E-state index in [-0.39, 0.29) is 16.9 Å². The van der Waals surface area contributed by atoms with Crippen LogP contribution in [0.1, 0.15) is 25.3 Å². The van der Waals surface area contributed by atoms with Crippen LogP contribution in [0.5, 0.6) is 0 Å². The zero-order valence-corrected chi connectivity index (χ0v) is 10.6. The average molecular weight is 264 g/mol. The molecule has 2 rings (SSSR count). The van der Waals surface area contributed by atoms with Gasteiger partial charge in [-0.25, -0.2) is 8.42 Å². The molecule has 0 aliphatic heterocycles. The van der Waals surface area contributed by atoms with Gasteiger partial charge >= 0.3 is 0 Å². The van der Waals surface area contributed by atoms with E-state index in [4.69, 9.17) is 11.6 Å². The Balaban J connectivity index is 2.37.